The second kappa shape index (κ2) is 6.07. The van der Waals surface area contributed by atoms with E-state index in [2.05, 4.69) is 0 Å². The van der Waals surface area contributed by atoms with Crippen LogP contribution in [0, 0.1) is 0 Å². The molecule has 22 heavy (non-hydrogen) atoms. The number of carbonyl (C=O) groups excluding carboxylic acids is 2. The van der Waals surface area contributed by atoms with Crippen molar-refractivity contribution in [1.29, 1.82) is 0 Å². The van der Waals surface area contributed by atoms with Crippen molar-refractivity contribution in [2.75, 3.05) is 12.0 Å². The van der Waals surface area contributed by atoms with Gasteiger partial charge in [0.1, 0.15) is 0 Å². The van der Waals surface area contributed by atoms with Gasteiger partial charge in [-0.2, -0.15) is 0 Å². The normalized spacial score (nSPS) is 13.1. The summed E-state index contributed by atoms with van der Waals surface area (Å²) in [7, 11) is 1.32. The molecule has 0 N–H and O–H groups in total. The van der Waals surface area contributed by atoms with Crippen molar-refractivity contribution in [2.45, 2.75) is 4.90 Å². The number of carbonyl (C=O) groups is 2. The number of rotatable bonds is 2. The number of amides is 1. The lowest BCUT2D eigenvalue weighted by molar-refractivity contribution is 0.104. The van der Waals surface area contributed by atoms with Gasteiger partial charge in [-0.1, -0.05) is 54.2 Å². The Bertz CT molecular complexity index is 756. The molecule has 0 bridgehead atoms. The quantitative estimate of drug-likeness (QED) is 0.784. The topological polar surface area (TPSA) is 46.6 Å². The van der Waals surface area contributed by atoms with Crippen molar-refractivity contribution < 1.29 is 14.3 Å². The number of Topliss-reactive ketones (excluding diaryl/α,β-unsaturated/α-hetero) is 1. The second-order valence-corrected chi connectivity index (χ2v) is 5.68. The van der Waals surface area contributed by atoms with Gasteiger partial charge in [0.15, 0.2) is 0 Å². The number of hydrogen-bond donors (Lipinski definition) is 0. The molecular weight excluding hydrogens is 298 g/mol. The van der Waals surface area contributed by atoms with E-state index in [0.29, 0.717) is 16.2 Å². The van der Waals surface area contributed by atoms with Crippen LogP contribution in [0.25, 0.3) is 0 Å². The molecule has 5 heteroatoms. The first-order valence-electron chi connectivity index (χ1n) is 6.66. The van der Waals surface area contributed by atoms with Crippen LogP contribution >= 0.6 is 11.8 Å². The lowest BCUT2D eigenvalue weighted by atomic mass is 10.1. The molecule has 2 aromatic rings. The molecule has 1 amide bonds. The van der Waals surface area contributed by atoms with Crippen molar-refractivity contribution in [3.8, 4) is 0 Å². The highest BCUT2D eigenvalue weighted by Crippen LogP contribution is 2.41. The van der Waals surface area contributed by atoms with Crippen LogP contribution in [0.1, 0.15) is 10.4 Å². The summed E-state index contributed by atoms with van der Waals surface area (Å²) in [5.41, 5.74) is 1.30. The van der Waals surface area contributed by atoms with E-state index in [-0.39, 0.29) is 5.78 Å². The van der Waals surface area contributed by atoms with Crippen LogP contribution in [0.15, 0.2) is 70.6 Å². The first kappa shape index (κ1) is 14.4. The maximum atomic E-state index is 12.6. The average molecular weight is 311 g/mol. The molecule has 0 aromatic heterocycles. The number of ether oxygens (including phenoxy) is 1. The van der Waals surface area contributed by atoms with E-state index in [1.807, 2.05) is 42.5 Å². The van der Waals surface area contributed by atoms with Crippen LogP contribution < -0.4 is 4.90 Å². The molecule has 110 valence electrons. The molecule has 1 aliphatic rings. The third kappa shape index (κ3) is 2.63. The molecule has 3 rings (SSSR count). The van der Waals surface area contributed by atoms with E-state index in [1.165, 1.54) is 30.0 Å². The molecule has 1 aliphatic heterocycles. The minimum atomic E-state index is -0.522. The maximum absolute atomic E-state index is 12.6. The van der Waals surface area contributed by atoms with Crippen LogP contribution in [-0.4, -0.2) is 19.0 Å². The summed E-state index contributed by atoms with van der Waals surface area (Å²) in [6.45, 7) is 0. The van der Waals surface area contributed by atoms with Gasteiger partial charge in [-0.15, -0.1) is 0 Å². The maximum Gasteiger partial charge on any atom is 0.418 e. The summed E-state index contributed by atoms with van der Waals surface area (Å²) in [4.78, 5) is 27.3. The fourth-order valence-corrected chi connectivity index (χ4v) is 3.18. The Labute approximate surface area is 132 Å². The molecule has 0 saturated carbocycles. The summed E-state index contributed by atoms with van der Waals surface area (Å²) >= 11 is 1.35. The third-order valence-corrected chi connectivity index (χ3v) is 4.30. The summed E-state index contributed by atoms with van der Waals surface area (Å²) in [6, 6.07) is 16.4. The van der Waals surface area contributed by atoms with Gasteiger partial charge in [-0.3, -0.25) is 9.69 Å². The number of allylic oxidation sites excluding steroid dienone is 1. The van der Waals surface area contributed by atoms with Gasteiger partial charge in [0.25, 0.3) is 0 Å². The number of hydrogen-bond acceptors (Lipinski definition) is 4. The molecule has 1 heterocycles. The van der Waals surface area contributed by atoms with Crippen LogP contribution in [0.4, 0.5) is 10.5 Å². The lowest BCUT2D eigenvalue weighted by Gasteiger charge is -2.25. The van der Waals surface area contributed by atoms with Crippen LogP contribution in [-0.2, 0) is 4.74 Å². The monoisotopic (exact) mass is 311 g/mol. The van der Waals surface area contributed by atoms with Crippen molar-refractivity contribution in [3.05, 3.63) is 71.3 Å². The van der Waals surface area contributed by atoms with Crippen molar-refractivity contribution >= 4 is 29.3 Å². The van der Waals surface area contributed by atoms with Gasteiger partial charge in [0.2, 0.25) is 5.78 Å². The fourth-order valence-electron chi connectivity index (χ4n) is 2.16. The number of nitrogens with zero attached hydrogens (tertiary/aromatic N) is 1. The standard InChI is InChI=1S/C17H13NO3S/c1-21-17(20)18-11-15(16(19)12-7-3-2-4-8-12)22-14-10-6-5-9-13(14)18/h2-11H,1H3. The van der Waals surface area contributed by atoms with Crippen molar-refractivity contribution in [2.24, 2.45) is 0 Å². The number of methoxy groups -OCH3 is 1. The molecule has 2 aromatic carbocycles. The van der Waals surface area contributed by atoms with Gasteiger partial charge in [-0.05, 0) is 12.1 Å². The third-order valence-electron chi connectivity index (χ3n) is 3.22. The Morgan fingerprint density at radius 3 is 2.41 bits per heavy atom. The van der Waals surface area contributed by atoms with E-state index < -0.39 is 6.09 Å². The Morgan fingerprint density at radius 1 is 1.00 bits per heavy atom. The van der Waals surface area contributed by atoms with E-state index in [9.17, 15) is 9.59 Å². The smallest absolute Gasteiger partial charge is 0.418 e. The number of ketones is 1. The lowest BCUT2D eigenvalue weighted by Crippen LogP contribution is -2.28. The Morgan fingerprint density at radius 2 is 1.68 bits per heavy atom. The first-order valence-corrected chi connectivity index (χ1v) is 7.48. The summed E-state index contributed by atoms with van der Waals surface area (Å²) in [5, 5.41) is 0. The van der Waals surface area contributed by atoms with Gasteiger partial charge in [0.05, 0.1) is 17.7 Å². The Kier molecular flexibility index (Phi) is 3.98. The Balaban J connectivity index is 2.01. The van der Waals surface area contributed by atoms with Crippen LogP contribution in [0.3, 0.4) is 0 Å². The first-order chi connectivity index (χ1) is 10.7. The molecule has 4 nitrogen and oxygen atoms in total. The minimum Gasteiger partial charge on any atom is -0.452 e. The zero-order valence-electron chi connectivity index (χ0n) is 11.9. The molecule has 0 spiro atoms. The fraction of sp³-hybridized carbons (Fsp3) is 0.0588. The van der Waals surface area contributed by atoms with Gasteiger partial charge in [0, 0.05) is 16.7 Å². The highest BCUT2D eigenvalue weighted by Gasteiger charge is 2.27. The molecule has 0 radical (unpaired) electrons. The number of benzene rings is 2. The average Bonchev–Trinajstić information content (AvgIpc) is 2.60. The van der Waals surface area contributed by atoms with Gasteiger partial charge in [-0.25, -0.2) is 4.79 Å². The summed E-state index contributed by atoms with van der Waals surface area (Å²) in [6.07, 6.45) is 1.01. The predicted octanol–water partition coefficient (Wildman–Crippen LogP) is 4.09. The molecule has 0 fully saturated rings. The molecule has 0 saturated heterocycles. The number of para-hydroxylation sites is 1. The van der Waals surface area contributed by atoms with Crippen LogP contribution in [0.2, 0.25) is 0 Å². The molecule has 0 atom stereocenters. The second-order valence-electron chi connectivity index (χ2n) is 4.60. The molecular formula is C17H13NO3S. The van der Waals surface area contributed by atoms with E-state index in [0.717, 1.165) is 4.90 Å². The molecule has 0 unspecified atom stereocenters. The minimum absolute atomic E-state index is 0.117. The van der Waals surface area contributed by atoms with E-state index in [4.69, 9.17) is 4.74 Å². The summed E-state index contributed by atoms with van der Waals surface area (Å²) < 4.78 is 4.80. The van der Waals surface area contributed by atoms with E-state index >= 15 is 0 Å². The van der Waals surface area contributed by atoms with Crippen LogP contribution in [0.5, 0.6) is 0 Å². The zero-order chi connectivity index (χ0) is 15.5. The number of thioether (sulfide) groups is 1. The predicted molar refractivity (Wildman–Crippen MR) is 86.0 cm³/mol. The number of fused-ring (bicyclic) bond motifs is 1. The largest absolute Gasteiger partial charge is 0.452 e. The summed E-state index contributed by atoms with van der Waals surface area (Å²) in [5.74, 6) is -0.117. The highest BCUT2D eigenvalue weighted by molar-refractivity contribution is 8.04. The molecule has 0 aliphatic carbocycles. The SMILES string of the molecule is COC(=O)N1C=C(C(=O)c2ccccc2)Sc2ccccc21. The van der Waals surface area contributed by atoms with Gasteiger partial charge < -0.3 is 4.74 Å². The number of anilines is 1. The van der Waals surface area contributed by atoms with Crippen molar-refractivity contribution in [1.82, 2.24) is 0 Å². The zero-order valence-corrected chi connectivity index (χ0v) is 12.7. The van der Waals surface area contributed by atoms with E-state index in [1.54, 1.807) is 12.1 Å². The van der Waals surface area contributed by atoms with Crippen molar-refractivity contribution in [3.63, 3.8) is 0 Å². The van der Waals surface area contributed by atoms with Gasteiger partial charge >= 0.3 is 6.09 Å². The Hall–Kier alpha value is -2.53. The highest BCUT2D eigenvalue weighted by atomic mass is 32.2.